The number of nitrogens with zero attached hydrogens (tertiary/aromatic N) is 2. The molecule has 0 atom stereocenters. The molecule has 0 saturated heterocycles. The van der Waals surface area contributed by atoms with Crippen molar-refractivity contribution in [1.29, 1.82) is 0 Å². The van der Waals surface area contributed by atoms with Crippen LogP contribution in [0.1, 0.15) is 29.1 Å². The summed E-state index contributed by atoms with van der Waals surface area (Å²) in [4.78, 5) is 20.7. The topological polar surface area (TPSA) is 45.2 Å². The highest BCUT2D eigenvalue weighted by atomic mass is 32.1. The van der Waals surface area contributed by atoms with Crippen molar-refractivity contribution < 1.29 is 4.79 Å². The van der Waals surface area contributed by atoms with Crippen LogP contribution in [0.2, 0.25) is 0 Å². The maximum Gasteiger partial charge on any atom is 0.257 e. The number of carbonyl (C=O) groups is 1. The van der Waals surface area contributed by atoms with E-state index in [0.717, 1.165) is 30.9 Å². The summed E-state index contributed by atoms with van der Waals surface area (Å²) >= 11 is 1.55. The van der Waals surface area contributed by atoms with Crippen molar-refractivity contribution >= 4 is 22.4 Å². The van der Waals surface area contributed by atoms with E-state index in [9.17, 15) is 4.79 Å². The summed E-state index contributed by atoms with van der Waals surface area (Å²) in [5, 5.41) is 3.59. The molecule has 3 rings (SSSR count). The fourth-order valence-corrected chi connectivity index (χ4v) is 3.76. The number of amides is 1. The van der Waals surface area contributed by atoms with Gasteiger partial charge >= 0.3 is 0 Å². The molecule has 0 aliphatic rings. The van der Waals surface area contributed by atoms with Gasteiger partial charge in [-0.25, -0.2) is 4.98 Å². The average Bonchev–Trinajstić information content (AvgIpc) is 3.09. The largest absolute Gasteiger partial charge is 0.299 e. The third-order valence-corrected chi connectivity index (χ3v) is 5.22. The minimum absolute atomic E-state index is 0.131. The maximum absolute atomic E-state index is 12.5. The first-order chi connectivity index (χ1) is 12.7. The molecule has 4 nitrogen and oxygen atoms in total. The average molecular weight is 366 g/mol. The normalized spacial score (nSPS) is 10.9. The van der Waals surface area contributed by atoms with Crippen LogP contribution < -0.4 is 5.32 Å². The van der Waals surface area contributed by atoms with Gasteiger partial charge in [0.15, 0.2) is 5.13 Å². The van der Waals surface area contributed by atoms with E-state index in [-0.39, 0.29) is 5.91 Å². The zero-order valence-electron chi connectivity index (χ0n) is 15.1. The molecule has 1 aromatic heterocycles. The van der Waals surface area contributed by atoms with E-state index in [1.165, 1.54) is 4.88 Å². The smallest absolute Gasteiger partial charge is 0.257 e. The minimum atomic E-state index is -0.131. The Hall–Kier alpha value is -2.50. The number of hydrogen-bond acceptors (Lipinski definition) is 4. The van der Waals surface area contributed by atoms with E-state index >= 15 is 0 Å². The van der Waals surface area contributed by atoms with Gasteiger partial charge < -0.3 is 0 Å². The lowest BCUT2D eigenvalue weighted by molar-refractivity contribution is 0.102. The predicted octanol–water partition coefficient (Wildman–Crippen LogP) is 4.90. The molecule has 0 radical (unpaired) electrons. The van der Waals surface area contributed by atoms with Crippen LogP contribution >= 0.6 is 11.3 Å². The fraction of sp³-hybridized carbons (Fsp3) is 0.238. The molecule has 0 saturated carbocycles. The molecule has 134 valence electrons. The second kappa shape index (κ2) is 8.74. The number of aromatic nitrogens is 1. The summed E-state index contributed by atoms with van der Waals surface area (Å²) in [6.07, 6.45) is 0. The Bertz CT molecular complexity index is 842. The summed E-state index contributed by atoms with van der Waals surface area (Å²) in [5.74, 6) is -0.131. The van der Waals surface area contributed by atoms with Gasteiger partial charge in [-0.2, -0.15) is 0 Å². The standard InChI is InChI=1S/C21H23N3OS/c1-3-24(4-2)15-18-19(16-11-7-5-8-12-16)22-21(26-18)23-20(25)17-13-9-6-10-14-17/h5-14H,3-4,15H2,1-2H3,(H,22,23,25). The van der Waals surface area contributed by atoms with Crippen molar-refractivity contribution in [2.45, 2.75) is 20.4 Å². The molecule has 5 heteroatoms. The Morgan fingerprint density at radius 1 is 1.00 bits per heavy atom. The highest BCUT2D eigenvalue weighted by molar-refractivity contribution is 7.16. The number of anilines is 1. The van der Waals surface area contributed by atoms with Crippen LogP contribution in [0.4, 0.5) is 5.13 Å². The molecule has 0 fully saturated rings. The lowest BCUT2D eigenvalue weighted by Crippen LogP contribution is -2.21. The Morgan fingerprint density at radius 3 is 2.23 bits per heavy atom. The van der Waals surface area contributed by atoms with E-state index in [2.05, 4.69) is 36.2 Å². The fourth-order valence-electron chi connectivity index (χ4n) is 2.74. The molecular formula is C21H23N3OS. The van der Waals surface area contributed by atoms with Crippen LogP contribution in [0.5, 0.6) is 0 Å². The van der Waals surface area contributed by atoms with Crippen molar-refractivity contribution in [3.05, 3.63) is 71.1 Å². The Kier molecular flexibility index (Phi) is 6.15. The molecule has 2 aromatic carbocycles. The maximum atomic E-state index is 12.5. The molecule has 0 bridgehead atoms. The van der Waals surface area contributed by atoms with Crippen LogP contribution in [0.25, 0.3) is 11.3 Å². The van der Waals surface area contributed by atoms with Crippen LogP contribution in [-0.2, 0) is 6.54 Å². The highest BCUT2D eigenvalue weighted by Gasteiger charge is 2.17. The van der Waals surface area contributed by atoms with Crippen molar-refractivity contribution in [2.24, 2.45) is 0 Å². The molecule has 1 N–H and O–H groups in total. The van der Waals surface area contributed by atoms with Crippen LogP contribution in [0.15, 0.2) is 60.7 Å². The predicted molar refractivity (Wildman–Crippen MR) is 109 cm³/mol. The number of nitrogens with one attached hydrogen (secondary N) is 1. The van der Waals surface area contributed by atoms with E-state index < -0.39 is 0 Å². The monoisotopic (exact) mass is 365 g/mol. The lowest BCUT2D eigenvalue weighted by Gasteiger charge is -2.17. The first-order valence-corrected chi connectivity index (χ1v) is 9.66. The Morgan fingerprint density at radius 2 is 1.62 bits per heavy atom. The van der Waals surface area contributed by atoms with Gasteiger partial charge in [0.25, 0.3) is 5.91 Å². The SMILES string of the molecule is CCN(CC)Cc1sc(NC(=O)c2ccccc2)nc1-c1ccccc1. The molecule has 3 aromatic rings. The van der Waals surface area contributed by atoms with Crippen LogP contribution in [0.3, 0.4) is 0 Å². The number of rotatable bonds is 7. The number of carbonyl (C=O) groups excluding carboxylic acids is 1. The third kappa shape index (κ3) is 4.36. The quantitative estimate of drug-likeness (QED) is 0.647. The lowest BCUT2D eigenvalue weighted by atomic mass is 10.1. The molecule has 1 heterocycles. The van der Waals surface area contributed by atoms with Gasteiger partial charge in [-0.3, -0.25) is 15.0 Å². The minimum Gasteiger partial charge on any atom is -0.299 e. The van der Waals surface area contributed by atoms with Gasteiger partial charge in [0, 0.05) is 22.5 Å². The van der Waals surface area contributed by atoms with Gasteiger partial charge in [-0.1, -0.05) is 73.7 Å². The highest BCUT2D eigenvalue weighted by Crippen LogP contribution is 2.32. The van der Waals surface area contributed by atoms with Crippen molar-refractivity contribution in [1.82, 2.24) is 9.88 Å². The number of hydrogen-bond donors (Lipinski definition) is 1. The van der Waals surface area contributed by atoms with Gasteiger partial charge in [0.1, 0.15) is 0 Å². The summed E-state index contributed by atoms with van der Waals surface area (Å²) in [6.45, 7) is 7.11. The van der Waals surface area contributed by atoms with Crippen LogP contribution in [-0.4, -0.2) is 28.9 Å². The second-order valence-electron chi connectivity index (χ2n) is 5.94. The van der Waals surface area contributed by atoms with E-state index in [1.807, 2.05) is 36.4 Å². The summed E-state index contributed by atoms with van der Waals surface area (Å²) in [7, 11) is 0. The molecule has 0 spiro atoms. The Balaban J connectivity index is 1.89. The first kappa shape index (κ1) is 18.3. The molecular weight excluding hydrogens is 342 g/mol. The number of thiazole rings is 1. The summed E-state index contributed by atoms with van der Waals surface area (Å²) in [6, 6.07) is 19.4. The molecule has 1 amide bonds. The van der Waals surface area contributed by atoms with E-state index in [0.29, 0.717) is 10.7 Å². The van der Waals surface area contributed by atoms with Crippen molar-refractivity contribution in [3.8, 4) is 11.3 Å². The van der Waals surface area contributed by atoms with Gasteiger partial charge in [-0.15, -0.1) is 0 Å². The molecule has 26 heavy (non-hydrogen) atoms. The van der Waals surface area contributed by atoms with E-state index in [4.69, 9.17) is 4.98 Å². The summed E-state index contributed by atoms with van der Waals surface area (Å²) in [5.41, 5.74) is 2.66. The zero-order chi connectivity index (χ0) is 18.4. The molecule has 0 aliphatic carbocycles. The van der Waals surface area contributed by atoms with E-state index in [1.54, 1.807) is 23.5 Å². The van der Waals surface area contributed by atoms with Gasteiger partial charge in [0.05, 0.1) is 5.69 Å². The molecule has 0 aliphatic heterocycles. The zero-order valence-corrected chi connectivity index (χ0v) is 15.9. The number of benzene rings is 2. The van der Waals surface area contributed by atoms with Crippen molar-refractivity contribution in [3.63, 3.8) is 0 Å². The molecule has 0 unspecified atom stereocenters. The summed E-state index contributed by atoms with van der Waals surface area (Å²) < 4.78 is 0. The van der Waals surface area contributed by atoms with Crippen molar-refractivity contribution in [2.75, 3.05) is 18.4 Å². The van der Waals surface area contributed by atoms with Crippen LogP contribution in [0, 0.1) is 0 Å². The first-order valence-electron chi connectivity index (χ1n) is 8.85. The van der Waals surface area contributed by atoms with Gasteiger partial charge in [-0.05, 0) is 25.2 Å². The third-order valence-electron chi connectivity index (χ3n) is 4.26. The van der Waals surface area contributed by atoms with Gasteiger partial charge in [0.2, 0.25) is 0 Å². The Labute approximate surface area is 158 Å². The second-order valence-corrected chi connectivity index (χ2v) is 7.02.